The average molecular weight is 334 g/mol. The summed E-state index contributed by atoms with van der Waals surface area (Å²) in [6.07, 6.45) is 0. The molecule has 1 heterocycles. The molecule has 0 saturated heterocycles. The van der Waals surface area contributed by atoms with Gasteiger partial charge in [0.15, 0.2) is 0 Å². The fraction of sp³-hybridized carbons (Fsp3) is 0. The van der Waals surface area contributed by atoms with Crippen molar-refractivity contribution in [2.24, 2.45) is 0 Å². The molecular formula is C19H12BrN. The molecule has 0 N–H and O–H groups in total. The summed E-state index contributed by atoms with van der Waals surface area (Å²) in [6, 6.07) is 25.1. The molecule has 0 amide bonds. The Labute approximate surface area is 131 Å². The molecule has 1 aromatic heterocycles. The van der Waals surface area contributed by atoms with Crippen LogP contribution in [0.25, 0.3) is 32.9 Å². The van der Waals surface area contributed by atoms with E-state index in [0.717, 1.165) is 21.2 Å². The number of benzene rings is 3. The van der Waals surface area contributed by atoms with Crippen molar-refractivity contribution in [2.45, 2.75) is 0 Å². The van der Waals surface area contributed by atoms with Gasteiger partial charge in [-0.3, -0.25) is 0 Å². The molecule has 0 spiro atoms. The molecule has 0 aliphatic rings. The first-order valence-electron chi connectivity index (χ1n) is 6.86. The van der Waals surface area contributed by atoms with Gasteiger partial charge in [-0.05, 0) is 17.5 Å². The van der Waals surface area contributed by atoms with Gasteiger partial charge in [0, 0.05) is 20.8 Å². The SMILES string of the molecule is Brc1ccccc1-c1ccc2ccc3ccccc3c2n1. The van der Waals surface area contributed by atoms with Gasteiger partial charge in [-0.15, -0.1) is 0 Å². The van der Waals surface area contributed by atoms with E-state index in [1.165, 1.54) is 16.2 Å². The predicted molar refractivity (Wildman–Crippen MR) is 92.4 cm³/mol. The number of fused-ring (bicyclic) bond motifs is 3. The van der Waals surface area contributed by atoms with Gasteiger partial charge in [-0.25, -0.2) is 4.98 Å². The third kappa shape index (κ3) is 2.12. The molecule has 0 radical (unpaired) electrons. The normalized spacial score (nSPS) is 11.1. The van der Waals surface area contributed by atoms with Crippen molar-refractivity contribution in [3.8, 4) is 11.3 Å². The summed E-state index contributed by atoms with van der Waals surface area (Å²) in [5.74, 6) is 0. The lowest BCUT2D eigenvalue weighted by atomic mass is 10.0. The minimum absolute atomic E-state index is 0.992. The minimum Gasteiger partial charge on any atom is -0.247 e. The monoisotopic (exact) mass is 333 g/mol. The Morgan fingerprint density at radius 2 is 1.38 bits per heavy atom. The largest absolute Gasteiger partial charge is 0.247 e. The topological polar surface area (TPSA) is 12.9 Å². The van der Waals surface area contributed by atoms with Gasteiger partial charge in [-0.2, -0.15) is 0 Å². The standard InChI is InChI=1S/C19H12BrN/c20-17-8-4-3-7-16(17)18-12-11-14-10-9-13-5-1-2-6-15(13)19(14)21-18/h1-12H. The van der Waals surface area contributed by atoms with E-state index in [1.807, 2.05) is 18.2 Å². The quantitative estimate of drug-likeness (QED) is 0.400. The van der Waals surface area contributed by atoms with Crippen LogP contribution in [-0.2, 0) is 0 Å². The molecule has 21 heavy (non-hydrogen) atoms. The highest BCUT2D eigenvalue weighted by molar-refractivity contribution is 9.10. The summed E-state index contributed by atoms with van der Waals surface area (Å²) in [4.78, 5) is 4.90. The Kier molecular flexibility index (Phi) is 2.97. The molecule has 0 aliphatic heterocycles. The molecule has 0 aliphatic carbocycles. The molecular weight excluding hydrogens is 322 g/mol. The van der Waals surface area contributed by atoms with Crippen LogP contribution in [0.5, 0.6) is 0 Å². The van der Waals surface area contributed by atoms with Crippen molar-refractivity contribution in [1.29, 1.82) is 0 Å². The van der Waals surface area contributed by atoms with E-state index < -0.39 is 0 Å². The Balaban J connectivity index is 2.05. The summed E-state index contributed by atoms with van der Waals surface area (Å²) in [6.45, 7) is 0. The van der Waals surface area contributed by atoms with Crippen molar-refractivity contribution < 1.29 is 0 Å². The van der Waals surface area contributed by atoms with Crippen molar-refractivity contribution in [1.82, 2.24) is 4.98 Å². The third-order valence-electron chi connectivity index (χ3n) is 3.73. The number of hydrogen-bond donors (Lipinski definition) is 0. The first-order chi connectivity index (χ1) is 10.3. The zero-order chi connectivity index (χ0) is 14.2. The maximum Gasteiger partial charge on any atom is 0.0787 e. The summed E-state index contributed by atoms with van der Waals surface area (Å²) >= 11 is 3.61. The van der Waals surface area contributed by atoms with Crippen LogP contribution in [0.4, 0.5) is 0 Å². The Morgan fingerprint density at radius 3 is 2.29 bits per heavy atom. The molecule has 2 heteroatoms. The molecule has 0 fully saturated rings. The van der Waals surface area contributed by atoms with Crippen LogP contribution in [0, 0.1) is 0 Å². The second kappa shape index (κ2) is 4.97. The van der Waals surface area contributed by atoms with E-state index in [9.17, 15) is 0 Å². The molecule has 100 valence electrons. The fourth-order valence-corrected chi connectivity index (χ4v) is 3.16. The maximum absolute atomic E-state index is 4.90. The number of aromatic nitrogens is 1. The van der Waals surface area contributed by atoms with Crippen LogP contribution in [0.2, 0.25) is 0 Å². The Hall–Kier alpha value is -2.19. The van der Waals surface area contributed by atoms with Crippen LogP contribution in [0.3, 0.4) is 0 Å². The molecule has 0 unspecified atom stereocenters. The van der Waals surface area contributed by atoms with E-state index in [0.29, 0.717) is 0 Å². The van der Waals surface area contributed by atoms with Crippen molar-refractivity contribution in [3.63, 3.8) is 0 Å². The van der Waals surface area contributed by atoms with Crippen LogP contribution in [-0.4, -0.2) is 4.98 Å². The van der Waals surface area contributed by atoms with Gasteiger partial charge in [0.2, 0.25) is 0 Å². The summed E-state index contributed by atoms with van der Waals surface area (Å²) in [5, 5.41) is 3.59. The lowest BCUT2D eigenvalue weighted by molar-refractivity contribution is 1.40. The Bertz CT molecular complexity index is 960. The average Bonchev–Trinajstić information content (AvgIpc) is 2.55. The number of rotatable bonds is 1. The second-order valence-corrected chi connectivity index (χ2v) is 5.89. The molecule has 0 saturated carbocycles. The number of hydrogen-bond acceptors (Lipinski definition) is 1. The minimum atomic E-state index is 0.992. The molecule has 4 rings (SSSR count). The van der Waals surface area contributed by atoms with Crippen LogP contribution >= 0.6 is 15.9 Å². The Morgan fingerprint density at radius 1 is 0.667 bits per heavy atom. The highest BCUT2D eigenvalue weighted by atomic mass is 79.9. The third-order valence-corrected chi connectivity index (χ3v) is 4.43. The molecule has 0 atom stereocenters. The molecule has 4 aromatic rings. The van der Waals surface area contributed by atoms with E-state index >= 15 is 0 Å². The van der Waals surface area contributed by atoms with Crippen molar-refractivity contribution in [3.05, 3.63) is 77.3 Å². The summed E-state index contributed by atoms with van der Waals surface area (Å²) in [7, 11) is 0. The summed E-state index contributed by atoms with van der Waals surface area (Å²) in [5.41, 5.74) is 3.17. The van der Waals surface area contributed by atoms with Crippen LogP contribution in [0.1, 0.15) is 0 Å². The first kappa shape index (κ1) is 12.5. The van der Waals surface area contributed by atoms with Gasteiger partial charge in [0.05, 0.1) is 11.2 Å². The van der Waals surface area contributed by atoms with Crippen molar-refractivity contribution >= 4 is 37.6 Å². The number of halogens is 1. The highest BCUT2D eigenvalue weighted by Crippen LogP contribution is 2.30. The second-order valence-electron chi connectivity index (χ2n) is 5.03. The van der Waals surface area contributed by atoms with Gasteiger partial charge in [0.1, 0.15) is 0 Å². The summed E-state index contributed by atoms with van der Waals surface area (Å²) < 4.78 is 1.07. The van der Waals surface area contributed by atoms with Gasteiger partial charge >= 0.3 is 0 Å². The highest BCUT2D eigenvalue weighted by Gasteiger charge is 2.07. The van der Waals surface area contributed by atoms with E-state index in [4.69, 9.17) is 4.98 Å². The van der Waals surface area contributed by atoms with Crippen LogP contribution < -0.4 is 0 Å². The zero-order valence-corrected chi connectivity index (χ0v) is 12.8. The van der Waals surface area contributed by atoms with Crippen LogP contribution in [0.15, 0.2) is 77.3 Å². The lowest BCUT2D eigenvalue weighted by Crippen LogP contribution is -1.87. The van der Waals surface area contributed by atoms with Gasteiger partial charge in [-0.1, -0.05) is 76.6 Å². The van der Waals surface area contributed by atoms with E-state index in [-0.39, 0.29) is 0 Å². The molecule has 3 aromatic carbocycles. The van der Waals surface area contributed by atoms with E-state index in [2.05, 4.69) is 70.5 Å². The predicted octanol–water partition coefficient (Wildman–Crippen LogP) is 5.82. The van der Waals surface area contributed by atoms with Gasteiger partial charge < -0.3 is 0 Å². The van der Waals surface area contributed by atoms with Gasteiger partial charge in [0.25, 0.3) is 0 Å². The van der Waals surface area contributed by atoms with Crippen molar-refractivity contribution in [2.75, 3.05) is 0 Å². The maximum atomic E-state index is 4.90. The van der Waals surface area contributed by atoms with E-state index in [1.54, 1.807) is 0 Å². The molecule has 1 nitrogen and oxygen atoms in total. The fourth-order valence-electron chi connectivity index (χ4n) is 2.68. The number of pyridine rings is 1. The smallest absolute Gasteiger partial charge is 0.0787 e. The number of nitrogens with zero attached hydrogens (tertiary/aromatic N) is 1. The molecule has 0 bridgehead atoms. The first-order valence-corrected chi connectivity index (χ1v) is 7.66. The zero-order valence-electron chi connectivity index (χ0n) is 11.3. The lowest BCUT2D eigenvalue weighted by Gasteiger charge is -2.07.